The van der Waals surface area contributed by atoms with Gasteiger partial charge < -0.3 is 0 Å². The Bertz CT molecular complexity index is 545. The largest absolute Gasteiger partial charge is 0.146 e. The minimum Gasteiger partial charge on any atom is -0.146 e. The van der Waals surface area contributed by atoms with Crippen molar-refractivity contribution in [3.8, 4) is 0 Å². The lowest BCUT2D eigenvalue weighted by atomic mass is 10.0. The van der Waals surface area contributed by atoms with Crippen LogP contribution < -0.4 is 0 Å². The first-order valence-electron chi connectivity index (χ1n) is 5.46. The van der Waals surface area contributed by atoms with Gasteiger partial charge in [-0.15, -0.1) is 22.9 Å². The maximum Gasteiger partial charge on any atom is 0.0857 e. The zero-order valence-electron chi connectivity index (χ0n) is 10.1. The van der Waals surface area contributed by atoms with E-state index in [1.807, 2.05) is 0 Å². The number of benzene rings is 1. The molecule has 0 aliphatic rings. The van der Waals surface area contributed by atoms with Gasteiger partial charge in [-0.3, -0.25) is 0 Å². The Hall–Kier alpha value is -0.310. The molecule has 0 aliphatic carbocycles. The third-order valence-corrected chi connectivity index (χ3v) is 4.92. The van der Waals surface area contributed by atoms with Crippen LogP contribution in [0, 0.1) is 20.8 Å². The lowest BCUT2D eigenvalue weighted by Crippen LogP contribution is -1.95. The Labute approximate surface area is 120 Å². The van der Waals surface area contributed by atoms with E-state index in [0.717, 1.165) is 10.0 Å². The summed E-state index contributed by atoms with van der Waals surface area (Å²) in [4.78, 5) is 2.61. The van der Waals surface area contributed by atoms with Crippen LogP contribution in [0.25, 0.3) is 0 Å². The summed E-state index contributed by atoms with van der Waals surface area (Å²) in [5.74, 6) is 0. The van der Waals surface area contributed by atoms with Crippen molar-refractivity contribution in [3.05, 3.63) is 55.2 Å². The van der Waals surface area contributed by atoms with E-state index in [4.69, 9.17) is 11.6 Å². The number of rotatable bonds is 2. The molecule has 1 atom stereocenters. The van der Waals surface area contributed by atoms with Crippen LogP contribution in [-0.2, 0) is 0 Å². The molecule has 0 nitrogen and oxygen atoms in total. The number of hydrogen-bond acceptors (Lipinski definition) is 1. The molecule has 1 unspecified atom stereocenters. The second-order valence-electron chi connectivity index (χ2n) is 4.26. The van der Waals surface area contributed by atoms with Gasteiger partial charge in [-0.05, 0) is 49.6 Å². The molecule has 0 amide bonds. The first-order chi connectivity index (χ1) is 7.99. The van der Waals surface area contributed by atoms with Gasteiger partial charge in [0.15, 0.2) is 0 Å². The minimum atomic E-state index is -0.0741. The van der Waals surface area contributed by atoms with E-state index in [0.29, 0.717) is 0 Å². The van der Waals surface area contributed by atoms with E-state index in [9.17, 15) is 0 Å². The lowest BCUT2D eigenvalue weighted by Gasteiger charge is -2.12. The predicted molar refractivity (Wildman–Crippen MR) is 80.4 cm³/mol. The average molecular weight is 330 g/mol. The molecule has 2 rings (SSSR count). The van der Waals surface area contributed by atoms with Gasteiger partial charge in [-0.2, -0.15) is 0 Å². The molecule has 90 valence electrons. The van der Waals surface area contributed by atoms with Crippen molar-refractivity contribution in [2.45, 2.75) is 26.1 Å². The Balaban J connectivity index is 2.43. The van der Waals surface area contributed by atoms with Crippen molar-refractivity contribution >= 4 is 38.9 Å². The summed E-state index contributed by atoms with van der Waals surface area (Å²) in [6.07, 6.45) is 0. The fourth-order valence-corrected chi connectivity index (χ4v) is 4.21. The standard InChI is InChI=1S/C14H14BrClS/c1-8-4-5-11(13(15)6-8)14(16)12-7-9(2)17-10(12)3/h4-7,14H,1-3H3. The summed E-state index contributed by atoms with van der Waals surface area (Å²) in [5, 5.41) is -0.0741. The molecule has 1 aromatic carbocycles. The Morgan fingerprint density at radius 1 is 1.12 bits per heavy atom. The van der Waals surface area contributed by atoms with Crippen LogP contribution in [0.3, 0.4) is 0 Å². The fraction of sp³-hybridized carbons (Fsp3) is 0.286. The quantitative estimate of drug-likeness (QED) is 0.614. The summed E-state index contributed by atoms with van der Waals surface area (Å²) in [6.45, 7) is 6.33. The van der Waals surface area contributed by atoms with E-state index in [1.54, 1.807) is 11.3 Å². The molecule has 0 spiro atoms. The van der Waals surface area contributed by atoms with Gasteiger partial charge >= 0.3 is 0 Å². The van der Waals surface area contributed by atoms with Crippen molar-refractivity contribution in [2.24, 2.45) is 0 Å². The van der Waals surface area contributed by atoms with Crippen LogP contribution >= 0.6 is 38.9 Å². The third kappa shape index (κ3) is 2.75. The molecule has 1 heterocycles. The van der Waals surface area contributed by atoms with E-state index in [2.05, 4.69) is 61.0 Å². The Kier molecular flexibility index (Phi) is 3.96. The number of aryl methyl sites for hydroxylation is 3. The molecule has 17 heavy (non-hydrogen) atoms. The van der Waals surface area contributed by atoms with E-state index >= 15 is 0 Å². The molecule has 0 fully saturated rings. The topological polar surface area (TPSA) is 0 Å². The zero-order valence-corrected chi connectivity index (χ0v) is 13.2. The summed E-state index contributed by atoms with van der Waals surface area (Å²) < 4.78 is 1.08. The number of halogens is 2. The second kappa shape index (κ2) is 5.13. The minimum absolute atomic E-state index is 0.0741. The van der Waals surface area contributed by atoms with Crippen molar-refractivity contribution in [1.82, 2.24) is 0 Å². The fourth-order valence-electron chi connectivity index (χ4n) is 1.91. The van der Waals surface area contributed by atoms with Crippen molar-refractivity contribution in [2.75, 3.05) is 0 Å². The van der Waals surface area contributed by atoms with Crippen LogP contribution in [0.4, 0.5) is 0 Å². The van der Waals surface area contributed by atoms with Crippen LogP contribution in [0.2, 0.25) is 0 Å². The molecule has 3 heteroatoms. The molecule has 0 aliphatic heterocycles. The van der Waals surface area contributed by atoms with Gasteiger partial charge in [0.25, 0.3) is 0 Å². The summed E-state index contributed by atoms with van der Waals surface area (Å²) in [6, 6.07) is 8.50. The van der Waals surface area contributed by atoms with Gasteiger partial charge in [-0.1, -0.05) is 28.1 Å². The van der Waals surface area contributed by atoms with Crippen LogP contribution in [-0.4, -0.2) is 0 Å². The average Bonchev–Trinajstić information content (AvgIpc) is 2.57. The highest BCUT2D eigenvalue weighted by Crippen LogP contribution is 2.38. The molecule has 0 saturated heterocycles. The summed E-state index contributed by atoms with van der Waals surface area (Å²) in [5.41, 5.74) is 3.60. The van der Waals surface area contributed by atoms with E-state index in [1.165, 1.54) is 20.9 Å². The monoisotopic (exact) mass is 328 g/mol. The second-order valence-corrected chi connectivity index (χ2v) is 7.01. The highest BCUT2D eigenvalue weighted by Gasteiger charge is 2.17. The van der Waals surface area contributed by atoms with Crippen LogP contribution in [0.15, 0.2) is 28.7 Å². The van der Waals surface area contributed by atoms with Gasteiger partial charge in [0, 0.05) is 14.2 Å². The highest BCUT2D eigenvalue weighted by molar-refractivity contribution is 9.10. The molecular weight excluding hydrogens is 316 g/mol. The first-order valence-corrected chi connectivity index (χ1v) is 7.50. The summed E-state index contributed by atoms with van der Waals surface area (Å²) >= 11 is 12.0. The first kappa shape index (κ1) is 13.1. The molecule has 0 saturated carbocycles. The van der Waals surface area contributed by atoms with Crippen molar-refractivity contribution in [1.29, 1.82) is 0 Å². The van der Waals surface area contributed by atoms with Crippen LogP contribution in [0.1, 0.15) is 31.8 Å². The Morgan fingerprint density at radius 2 is 1.82 bits per heavy atom. The van der Waals surface area contributed by atoms with Crippen molar-refractivity contribution in [3.63, 3.8) is 0 Å². The predicted octanol–water partition coefficient (Wildman–Crippen LogP) is 5.76. The molecule has 0 bridgehead atoms. The normalized spacial score (nSPS) is 12.8. The molecule has 0 radical (unpaired) electrons. The number of alkyl halides is 1. The lowest BCUT2D eigenvalue weighted by molar-refractivity contribution is 1.12. The molecule has 1 aromatic heterocycles. The Morgan fingerprint density at radius 3 is 2.35 bits per heavy atom. The number of hydrogen-bond donors (Lipinski definition) is 0. The van der Waals surface area contributed by atoms with Gasteiger partial charge in [0.2, 0.25) is 0 Å². The van der Waals surface area contributed by atoms with E-state index < -0.39 is 0 Å². The van der Waals surface area contributed by atoms with Gasteiger partial charge in [-0.25, -0.2) is 0 Å². The molecule has 0 N–H and O–H groups in total. The van der Waals surface area contributed by atoms with E-state index in [-0.39, 0.29) is 5.38 Å². The maximum atomic E-state index is 6.58. The van der Waals surface area contributed by atoms with Crippen LogP contribution in [0.5, 0.6) is 0 Å². The third-order valence-electron chi connectivity index (χ3n) is 2.78. The SMILES string of the molecule is Cc1ccc(C(Cl)c2cc(C)sc2C)c(Br)c1. The highest BCUT2D eigenvalue weighted by atomic mass is 79.9. The van der Waals surface area contributed by atoms with Crippen molar-refractivity contribution < 1.29 is 0 Å². The number of thiophene rings is 1. The van der Waals surface area contributed by atoms with Gasteiger partial charge in [0.1, 0.15) is 0 Å². The zero-order chi connectivity index (χ0) is 12.6. The van der Waals surface area contributed by atoms with Gasteiger partial charge in [0.05, 0.1) is 5.38 Å². The smallest absolute Gasteiger partial charge is 0.0857 e. The summed E-state index contributed by atoms with van der Waals surface area (Å²) in [7, 11) is 0. The maximum absolute atomic E-state index is 6.58. The molecule has 2 aromatic rings. The molecular formula is C14H14BrClS.